The number of carbonyl (C=O) groups is 3. The van der Waals surface area contributed by atoms with Crippen molar-refractivity contribution in [2.24, 2.45) is 5.10 Å². The third kappa shape index (κ3) is 8.02. The van der Waals surface area contributed by atoms with E-state index in [1.54, 1.807) is 60.7 Å². The number of methoxy groups -OCH3 is 1. The summed E-state index contributed by atoms with van der Waals surface area (Å²) in [5, 5.41) is 9.58. The molecular weight excluding hydrogens is 495 g/mol. The topological polar surface area (TPSA) is 118 Å². The van der Waals surface area contributed by atoms with Crippen LogP contribution in [0.25, 0.3) is 0 Å². The van der Waals surface area contributed by atoms with Gasteiger partial charge in [0.1, 0.15) is 11.5 Å². The maximum absolute atomic E-state index is 12.1. The molecule has 0 aliphatic rings. The van der Waals surface area contributed by atoms with E-state index in [0.717, 1.165) is 0 Å². The second kappa shape index (κ2) is 12.4. The summed E-state index contributed by atoms with van der Waals surface area (Å²) in [4.78, 5) is 36.0. The Morgan fingerprint density at radius 2 is 1.60 bits per heavy atom. The largest absolute Gasteiger partial charge is 0.497 e. The molecule has 11 heteroatoms. The number of hydrogen-bond acceptors (Lipinski definition) is 6. The fraction of sp³-hybridized carbons (Fsp3) is 0.0833. The molecule has 0 aliphatic carbocycles. The summed E-state index contributed by atoms with van der Waals surface area (Å²) in [6.45, 7) is -0.247. The smallest absolute Gasteiger partial charge is 0.329 e. The molecule has 0 heterocycles. The highest BCUT2D eigenvalue weighted by Gasteiger charge is 2.13. The third-order valence-electron chi connectivity index (χ3n) is 4.37. The average molecular weight is 515 g/mol. The molecule has 0 spiro atoms. The van der Waals surface area contributed by atoms with Gasteiger partial charge in [-0.05, 0) is 60.2 Å². The van der Waals surface area contributed by atoms with Crippen LogP contribution in [-0.4, -0.2) is 37.7 Å². The van der Waals surface area contributed by atoms with Gasteiger partial charge in [0.25, 0.3) is 5.91 Å². The zero-order valence-electron chi connectivity index (χ0n) is 18.4. The van der Waals surface area contributed by atoms with Gasteiger partial charge in [0.15, 0.2) is 6.61 Å². The number of nitrogens with one attached hydrogen (secondary N) is 3. The fourth-order valence-electron chi connectivity index (χ4n) is 2.68. The molecule has 9 nitrogen and oxygen atoms in total. The van der Waals surface area contributed by atoms with Crippen LogP contribution in [0.2, 0.25) is 10.0 Å². The first kappa shape index (κ1) is 25.5. The summed E-state index contributed by atoms with van der Waals surface area (Å²) < 4.78 is 10.5. The summed E-state index contributed by atoms with van der Waals surface area (Å²) in [5.41, 5.74) is 3.64. The van der Waals surface area contributed by atoms with Crippen molar-refractivity contribution in [2.45, 2.75) is 0 Å². The van der Waals surface area contributed by atoms with Crippen LogP contribution in [0.1, 0.15) is 5.56 Å². The summed E-state index contributed by atoms with van der Waals surface area (Å²) in [7, 11) is 1.53. The predicted molar refractivity (Wildman–Crippen MR) is 134 cm³/mol. The minimum atomic E-state index is -0.941. The number of benzene rings is 3. The van der Waals surface area contributed by atoms with E-state index in [1.165, 1.54) is 19.4 Å². The molecule has 0 atom stereocenters. The summed E-state index contributed by atoms with van der Waals surface area (Å²) >= 11 is 11.8. The molecule has 3 rings (SSSR count). The Hall–Kier alpha value is -4.08. The van der Waals surface area contributed by atoms with Crippen molar-refractivity contribution in [3.05, 3.63) is 82.3 Å². The zero-order valence-corrected chi connectivity index (χ0v) is 19.9. The SMILES string of the molecule is COc1ccc(NC(=O)C(=O)N/N=C\c2cccc(OCC(=O)Nc3ccc(Cl)c(Cl)c3)c2)cc1. The van der Waals surface area contributed by atoms with Crippen molar-refractivity contribution in [3.63, 3.8) is 0 Å². The van der Waals surface area contributed by atoms with E-state index in [2.05, 4.69) is 21.2 Å². The number of rotatable bonds is 8. The Labute approximate surface area is 211 Å². The molecule has 3 amide bonds. The van der Waals surface area contributed by atoms with Crippen molar-refractivity contribution in [2.75, 3.05) is 24.4 Å². The van der Waals surface area contributed by atoms with E-state index in [-0.39, 0.29) is 6.61 Å². The van der Waals surface area contributed by atoms with Gasteiger partial charge in [0.05, 0.1) is 23.4 Å². The Morgan fingerprint density at radius 3 is 2.31 bits per heavy atom. The van der Waals surface area contributed by atoms with E-state index in [0.29, 0.717) is 38.5 Å². The number of carbonyl (C=O) groups excluding carboxylic acids is 3. The summed E-state index contributed by atoms with van der Waals surface area (Å²) in [6.07, 6.45) is 1.33. The second-order valence-corrected chi connectivity index (χ2v) is 7.73. The van der Waals surface area contributed by atoms with Gasteiger partial charge >= 0.3 is 11.8 Å². The molecule has 0 aromatic heterocycles. The fourth-order valence-corrected chi connectivity index (χ4v) is 2.98. The molecule has 0 saturated heterocycles. The van der Waals surface area contributed by atoms with E-state index in [1.807, 2.05) is 0 Å². The van der Waals surface area contributed by atoms with Crippen LogP contribution in [0, 0.1) is 0 Å². The Bertz CT molecular complexity index is 1250. The van der Waals surface area contributed by atoms with Crippen LogP contribution < -0.4 is 25.5 Å². The second-order valence-electron chi connectivity index (χ2n) is 6.92. The van der Waals surface area contributed by atoms with Crippen molar-refractivity contribution in [1.29, 1.82) is 0 Å². The lowest BCUT2D eigenvalue weighted by molar-refractivity contribution is -0.136. The number of halogens is 2. The molecule has 0 aliphatic heterocycles. The van der Waals surface area contributed by atoms with Gasteiger partial charge in [-0.15, -0.1) is 0 Å². The van der Waals surface area contributed by atoms with Crippen LogP contribution in [-0.2, 0) is 14.4 Å². The van der Waals surface area contributed by atoms with Gasteiger partial charge in [0.2, 0.25) is 0 Å². The minimum Gasteiger partial charge on any atom is -0.497 e. The number of amides is 3. The highest BCUT2D eigenvalue weighted by molar-refractivity contribution is 6.42. The van der Waals surface area contributed by atoms with Gasteiger partial charge in [-0.1, -0.05) is 35.3 Å². The number of anilines is 2. The van der Waals surface area contributed by atoms with Crippen LogP contribution in [0.5, 0.6) is 11.5 Å². The molecule has 3 N–H and O–H groups in total. The van der Waals surface area contributed by atoms with Crippen LogP contribution >= 0.6 is 23.2 Å². The first-order chi connectivity index (χ1) is 16.8. The molecule has 180 valence electrons. The van der Waals surface area contributed by atoms with Gasteiger partial charge in [-0.2, -0.15) is 5.10 Å². The molecular formula is C24H20Cl2N4O5. The number of nitrogens with zero attached hydrogens (tertiary/aromatic N) is 1. The monoisotopic (exact) mass is 514 g/mol. The first-order valence-electron chi connectivity index (χ1n) is 10.1. The average Bonchev–Trinajstić information content (AvgIpc) is 2.85. The number of hydrazone groups is 1. The molecule has 0 radical (unpaired) electrons. The summed E-state index contributed by atoms with van der Waals surface area (Å²) in [5.74, 6) is -1.18. The van der Waals surface area contributed by atoms with Crippen LogP contribution in [0.4, 0.5) is 11.4 Å². The first-order valence-corrected chi connectivity index (χ1v) is 10.9. The highest BCUT2D eigenvalue weighted by Crippen LogP contribution is 2.25. The summed E-state index contributed by atoms with van der Waals surface area (Å²) in [6, 6.07) is 17.9. The standard InChI is InChI=1S/C24H20Cl2N4O5/c1-34-18-8-5-16(6-9-18)29-23(32)24(33)30-27-13-15-3-2-4-19(11-15)35-14-22(31)28-17-7-10-20(25)21(26)12-17/h2-13H,14H2,1H3,(H,28,31)(H,29,32)(H,30,33)/b27-13-. The van der Waals surface area contributed by atoms with Crippen molar-refractivity contribution in [3.8, 4) is 11.5 Å². The van der Waals surface area contributed by atoms with Crippen LogP contribution in [0.3, 0.4) is 0 Å². The van der Waals surface area contributed by atoms with E-state index in [4.69, 9.17) is 32.7 Å². The molecule has 0 bridgehead atoms. The minimum absolute atomic E-state index is 0.247. The molecule has 0 saturated carbocycles. The van der Waals surface area contributed by atoms with Crippen molar-refractivity contribution < 1.29 is 23.9 Å². The van der Waals surface area contributed by atoms with E-state index in [9.17, 15) is 14.4 Å². The van der Waals surface area contributed by atoms with Crippen molar-refractivity contribution in [1.82, 2.24) is 5.43 Å². The number of hydrogen-bond donors (Lipinski definition) is 3. The van der Waals surface area contributed by atoms with Crippen molar-refractivity contribution >= 4 is 58.5 Å². The van der Waals surface area contributed by atoms with Gasteiger partial charge in [0, 0.05) is 11.4 Å². The van der Waals surface area contributed by atoms with E-state index >= 15 is 0 Å². The molecule has 0 fully saturated rings. The Kier molecular flexibility index (Phi) is 9.05. The maximum Gasteiger partial charge on any atom is 0.329 e. The quantitative estimate of drug-likeness (QED) is 0.237. The normalized spacial score (nSPS) is 10.5. The maximum atomic E-state index is 12.1. The predicted octanol–water partition coefficient (Wildman–Crippen LogP) is 4.11. The molecule has 3 aromatic rings. The van der Waals surface area contributed by atoms with Gasteiger partial charge in [-0.3, -0.25) is 14.4 Å². The molecule has 3 aromatic carbocycles. The van der Waals surface area contributed by atoms with Crippen LogP contribution in [0.15, 0.2) is 71.8 Å². The van der Waals surface area contributed by atoms with Gasteiger partial charge < -0.3 is 20.1 Å². The number of ether oxygens (including phenoxy) is 2. The van der Waals surface area contributed by atoms with Gasteiger partial charge in [-0.25, -0.2) is 5.43 Å². The Balaban J connectivity index is 1.47. The Morgan fingerprint density at radius 1 is 0.857 bits per heavy atom. The molecule has 0 unspecified atom stereocenters. The van der Waals surface area contributed by atoms with E-state index < -0.39 is 17.7 Å². The lowest BCUT2D eigenvalue weighted by Crippen LogP contribution is -2.32. The highest BCUT2D eigenvalue weighted by atomic mass is 35.5. The zero-order chi connectivity index (χ0) is 25.2. The third-order valence-corrected chi connectivity index (χ3v) is 5.10. The lowest BCUT2D eigenvalue weighted by atomic mass is 10.2. The molecule has 35 heavy (non-hydrogen) atoms. The lowest BCUT2D eigenvalue weighted by Gasteiger charge is -2.08.